The van der Waals surface area contributed by atoms with E-state index in [1.807, 2.05) is 0 Å². The molecule has 0 bridgehead atoms. The number of anilines is 1. The highest BCUT2D eigenvalue weighted by atomic mass is 32.2. The fourth-order valence-electron chi connectivity index (χ4n) is 1.77. The molecular weight excluding hydrogens is 294 g/mol. The highest BCUT2D eigenvalue weighted by Gasteiger charge is 2.12. The monoisotopic (exact) mass is 309 g/mol. The summed E-state index contributed by atoms with van der Waals surface area (Å²) in [4.78, 5) is 19.2. The maximum atomic E-state index is 11.9. The van der Waals surface area contributed by atoms with E-state index in [4.69, 9.17) is 0 Å². The second-order valence-electron chi connectivity index (χ2n) is 4.36. The first-order chi connectivity index (χ1) is 10.00. The van der Waals surface area contributed by atoms with Gasteiger partial charge in [-0.25, -0.2) is 8.42 Å². The van der Waals surface area contributed by atoms with Gasteiger partial charge in [-0.15, -0.1) is 0 Å². The van der Waals surface area contributed by atoms with Crippen LogP contribution < -0.4 is 4.72 Å². The number of carbonyl (C=O) groups is 1. The molecule has 1 aromatic heterocycles. The molecule has 2 rings (SSSR count). The number of benzene rings is 1. The lowest BCUT2D eigenvalue weighted by Crippen LogP contribution is -2.17. The third kappa shape index (κ3) is 4.38. The minimum absolute atomic E-state index is 0.0700. The SMILES string of the molecule is COC(=O)CCCS(=O)(=O)Nc1ccc2nccnc2c1. The number of rotatable bonds is 6. The molecule has 0 atom stereocenters. The van der Waals surface area contributed by atoms with E-state index < -0.39 is 16.0 Å². The molecule has 0 amide bonds. The Labute approximate surface area is 122 Å². The first kappa shape index (κ1) is 15.2. The summed E-state index contributed by atoms with van der Waals surface area (Å²) >= 11 is 0. The van der Waals surface area contributed by atoms with Gasteiger partial charge < -0.3 is 4.74 Å². The fourth-order valence-corrected chi connectivity index (χ4v) is 2.88. The summed E-state index contributed by atoms with van der Waals surface area (Å²) in [5.74, 6) is -0.577. The van der Waals surface area contributed by atoms with E-state index in [0.29, 0.717) is 16.7 Å². The van der Waals surface area contributed by atoms with Crippen LogP contribution in [0.1, 0.15) is 12.8 Å². The molecule has 0 radical (unpaired) electrons. The van der Waals surface area contributed by atoms with Gasteiger partial charge >= 0.3 is 5.97 Å². The van der Waals surface area contributed by atoms with Crippen LogP contribution in [0.4, 0.5) is 5.69 Å². The zero-order valence-electron chi connectivity index (χ0n) is 11.4. The average molecular weight is 309 g/mol. The predicted molar refractivity (Wildman–Crippen MR) is 78.2 cm³/mol. The smallest absolute Gasteiger partial charge is 0.305 e. The summed E-state index contributed by atoms with van der Waals surface area (Å²) in [6, 6.07) is 4.92. The molecule has 0 aliphatic heterocycles. The molecule has 0 saturated carbocycles. The van der Waals surface area contributed by atoms with Crippen molar-refractivity contribution in [1.29, 1.82) is 0 Å². The van der Waals surface area contributed by atoms with Crippen LogP contribution in [0.25, 0.3) is 11.0 Å². The molecule has 1 aromatic carbocycles. The molecule has 112 valence electrons. The first-order valence-electron chi connectivity index (χ1n) is 6.28. The second-order valence-corrected chi connectivity index (χ2v) is 6.20. The number of hydrogen-bond donors (Lipinski definition) is 1. The van der Waals surface area contributed by atoms with Crippen molar-refractivity contribution in [3.8, 4) is 0 Å². The van der Waals surface area contributed by atoms with E-state index in [-0.39, 0.29) is 18.6 Å². The van der Waals surface area contributed by atoms with Crippen molar-refractivity contribution in [2.45, 2.75) is 12.8 Å². The quantitative estimate of drug-likeness (QED) is 0.808. The van der Waals surface area contributed by atoms with Gasteiger partial charge in [0.15, 0.2) is 0 Å². The van der Waals surface area contributed by atoms with E-state index >= 15 is 0 Å². The molecule has 0 fully saturated rings. The Hall–Kier alpha value is -2.22. The minimum atomic E-state index is -3.51. The molecule has 0 saturated heterocycles. The Bertz CT molecular complexity index is 746. The first-order valence-corrected chi connectivity index (χ1v) is 7.93. The van der Waals surface area contributed by atoms with Crippen LogP contribution in [0.3, 0.4) is 0 Å². The van der Waals surface area contributed by atoms with Crippen LogP contribution in [0, 0.1) is 0 Å². The van der Waals surface area contributed by atoms with E-state index in [2.05, 4.69) is 19.4 Å². The summed E-state index contributed by atoms with van der Waals surface area (Å²) in [6.45, 7) is 0. The Morgan fingerprint density at radius 1 is 1.24 bits per heavy atom. The Balaban J connectivity index is 2.02. The number of nitrogens with one attached hydrogen (secondary N) is 1. The lowest BCUT2D eigenvalue weighted by Gasteiger charge is -2.08. The van der Waals surface area contributed by atoms with Gasteiger partial charge in [0.2, 0.25) is 10.0 Å². The van der Waals surface area contributed by atoms with Gasteiger partial charge in [0, 0.05) is 18.8 Å². The molecule has 0 spiro atoms. The standard InChI is InChI=1S/C13H15N3O4S/c1-20-13(17)3-2-8-21(18,19)16-10-4-5-11-12(9-10)15-7-6-14-11/h4-7,9,16H,2-3,8H2,1H3. The van der Waals surface area contributed by atoms with Crippen molar-refractivity contribution in [2.75, 3.05) is 17.6 Å². The van der Waals surface area contributed by atoms with Crippen LogP contribution in [0.2, 0.25) is 0 Å². The van der Waals surface area contributed by atoms with Crippen LogP contribution in [0.5, 0.6) is 0 Å². The number of carbonyl (C=O) groups excluding carboxylic acids is 1. The Kier molecular flexibility index (Phi) is 4.69. The van der Waals surface area contributed by atoms with Gasteiger partial charge in [0.1, 0.15) is 0 Å². The molecule has 0 aliphatic carbocycles. The number of sulfonamides is 1. The molecule has 7 nitrogen and oxygen atoms in total. The summed E-state index contributed by atoms with van der Waals surface area (Å²) < 4.78 is 30.7. The molecule has 1 N–H and O–H groups in total. The molecule has 1 heterocycles. The van der Waals surface area contributed by atoms with Crippen molar-refractivity contribution < 1.29 is 17.9 Å². The average Bonchev–Trinajstić information content (AvgIpc) is 2.46. The normalized spacial score (nSPS) is 11.3. The Morgan fingerprint density at radius 2 is 1.95 bits per heavy atom. The molecule has 21 heavy (non-hydrogen) atoms. The van der Waals surface area contributed by atoms with Crippen molar-refractivity contribution in [1.82, 2.24) is 9.97 Å². The predicted octanol–water partition coefficient (Wildman–Crippen LogP) is 1.32. The number of hydrogen-bond acceptors (Lipinski definition) is 6. The van der Waals surface area contributed by atoms with Crippen LogP contribution in [-0.2, 0) is 19.6 Å². The lowest BCUT2D eigenvalue weighted by molar-refractivity contribution is -0.140. The molecule has 0 unspecified atom stereocenters. The van der Waals surface area contributed by atoms with Gasteiger partial charge in [0.25, 0.3) is 0 Å². The summed E-state index contributed by atoms with van der Waals surface area (Å²) in [6.07, 6.45) is 3.38. The van der Waals surface area contributed by atoms with Crippen LogP contribution in [-0.4, -0.2) is 37.2 Å². The number of fused-ring (bicyclic) bond motifs is 1. The third-order valence-electron chi connectivity index (χ3n) is 2.76. The zero-order valence-corrected chi connectivity index (χ0v) is 12.3. The van der Waals surface area contributed by atoms with Crippen molar-refractivity contribution in [3.63, 3.8) is 0 Å². The number of nitrogens with zero attached hydrogens (tertiary/aromatic N) is 2. The van der Waals surface area contributed by atoms with Gasteiger partial charge in [0.05, 0.1) is 29.6 Å². The highest BCUT2D eigenvalue weighted by molar-refractivity contribution is 7.92. The van der Waals surface area contributed by atoms with E-state index in [9.17, 15) is 13.2 Å². The maximum Gasteiger partial charge on any atom is 0.305 e. The number of esters is 1. The van der Waals surface area contributed by atoms with E-state index in [0.717, 1.165) is 0 Å². The summed E-state index contributed by atoms with van der Waals surface area (Å²) in [7, 11) is -2.24. The Morgan fingerprint density at radius 3 is 2.67 bits per heavy atom. The van der Waals surface area contributed by atoms with Gasteiger partial charge in [-0.05, 0) is 24.6 Å². The number of aromatic nitrogens is 2. The van der Waals surface area contributed by atoms with Crippen molar-refractivity contribution in [2.24, 2.45) is 0 Å². The van der Waals surface area contributed by atoms with Crippen molar-refractivity contribution in [3.05, 3.63) is 30.6 Å². The molecular formula is C13H15N3O4S. The van der Waals surface area contributed by atoms with Gasteiger partial charge in [-0.3, -0.25) is 19.5 Å². The second kappa shape index (κ2) is 6.49. The summed E-state index contributed by atoms with van der Waals surface area (Å²) in [5, 5.41) is 0. The van der Waals surface area contributed by atoms with Gasteiger partial charge in [-0.2, -0.15) is 0 Å². The number of ether oxygens (including phenoxy) is 1. The zero-order chi connectivity index (χ0) is 15.3. The van der Waals surface area contributed by atoms with Gasteiger partial charge in [-0.1, -0.05) is 0 Å². The molecule has 0 aliphatic rings. The van der Waals surface area contributed by atoms with E-state index in [1.54, 1.807) is 24.4 Å². The molecule has 8 heteroatoms. The topological polar surface area (TPSA) is 98.2 Å². The largest absolute Gasteiger partial charge is 0.469 e. The van der Waals surface area contributed by atoms with Crippen LogP contribution >= 0.6 is 0 Å². The maximum absolute atomic E-state index is 11.9. The minimum Gasteiger partial charge on any atom is -0.469 e. The highest BCUT2D eigenvalue weighted by Crippen LogP contribution is 2.16. The molecule has 2 aromatic rings. The number of methoxy groups -OCH3 is 1. The lowest BCUT2D eigenvalue weighted by atomic mass is 10.3. The van der Waals surface area contributed by atoms with E-state index in [1.165, 1.54) is 13.3 Å². The van der Waals surface area contributed by atoms with Crippen LogP contribution in [0.15, 0.2) is 30.6 Å². The summed E-state index contributed by atoms with van der Waals surface area (Å²) in [5.41, 5.74) is 1.71. The fraction of sp³-hybridized carbons (Fsp3) is 0.308. The third-order valence-corrected chi connectivity index (χ3v) is 4.14. The van der Waals surface area contributed by atoms with Crippen molar-refractivity contribution >= 4 is 32.7 Å².